The third-order valence-corrected chi connectivity index (χ3v) is 8.83. The number of rotatable bonds is 11. The molecule has 2 amide bonds. The number of halogens is 1. The van der Waals surface area contributed by atoms with Gasteiger partial charge < -0.3 is 10.2 Å². The van der Waals surface area contributed by atoms with Crippen LogP contribution in [-0.2, 0) is 26.2 Å². The molecule has 0 unspecified atom stereocenters. The molecular formula is C31H38ClN3O4S. The van der Waals surface area contributed by atoms with Gasteiger partial charge in [-0.3, -0.25) is 13.9 Å². The van der Waals surface area contributed by atoms with Gasteiger partial charge in [-0.25, -0.2) is 8.42 Å². The molecule has 214 valence electrons. The van der Waals surface area contributed by atoms with E-state index in [1.54, 1.807) is 37.3 Å². The van der Waals surface area contributed by atoms with Gasteiger partial charge in [0, 0.05) is 17.6 Å². The summed E-state index contributed by atoms with van der Waals surface area (Å²) < 4.78 is 29.1. The van der Waals surface area contributed by atoms with E-state index in [1.807, 2.05) is 58.9 Å². The molecule has 3 rings (SSSR count). The minimum Gasteiger partial charge on any atom is -0.352 e. The Balaban J connectivity index is 2.11. The molecule has 1 N–H and O–H groups in total. The highest BCUT2D eigenvalue weighted by molar-refractivity contribution is 7.92. The van der Waals surface area contributed by atoms with Crippen LogP contribution in [0.1, 0.15) is 49.4 Å². The fourth-order valence-electron chi connectivity index (χ4n) is 4.52. The largest absolute Gasteiger partial charge is 0.352 e. The van der Waals surface area contributed by atoms with Gasteiger partial charge in [-0.05, 0) is 76.4 Å². The van der Waals surface area contributed by atoms with E-state index in [1.165, 1.54) is 17.0 Å². The Kier molecular flexibility index (Phi) is 10.4. The lowest BCUT2D eigenvalue weighted by Crippen LogP contribution is -2.53. The molecule has 0 saturated heterocycles. The van der Waals surface area contributed by atoms with Crippen LogP contribution in [0.3, 0.4) is 0 Å². The quantitative estimate of drug-likeness (QED) is 0.309. The Bertz CT molecular complexity index is 1460. The highest BCUT2D eigenvalue weighted by atomic mass is 35.5. The average molecular weight is 584 g/mol. The number of aryl methyl sites for hydroxylation is 2. The number of benzene rings is 3. The Morgan fingerprint density at radius 2 is 1.57 bits per heavy atom. The molecule has 0 fully saturated rings. The number of nitrogens with zero attached hydrogens (tertiary/aromatic N) is 2. The first-order chi connectivity index (χ1) is 18.8. The van der Waals surface area contributed by atoms with E-state index >= 15 is 0 Å². The highest BCUT2D eigenvalue weighted by Crippen LogP contribution is 2.31. The summed E-state index contributed by atoms with van der Waals surface area (Å²) in [5.74, 6) is -0.785. The van der Waals surface area contributed by atoms with Gasteiger partial charge >= 0.3 is 0 Å². The van der Waals surface area contributed by atoms with E-state index in [4.69, 9.17) is 11.6 Å². The van der Waals surface area contributed by atoms with Gasteiger partial charge in [-0.1, -0.05) is 72.1 Å². The molecule has 0 aliphatic rings. The standard InChI is InChI=1S/C31H38ClN3O4S/c1-7-28(31(37)33-21(2)3)34(19-25-11-8-10-23(5)18-25)30(36)20-35(29-13-9-12-27(32)24(29)6)40(38,39)26-16-14-22(4)15-17-26/h8-18,21,28H,7,19-20H2,1-6H3,(H,33,37)/t28-/m0/s1. The van der Waals surface area contributed by atoms with E-state index in [2.05, 4.69) is 5.32 Å². The van der Waals surface area contributed by atoms with Crippen LogP contribution in [0.5, 0.6) is 0 Å². The van der Waals surface area contributed by atoms with Crippen LogP contribution in [0.4, 0.5) is 5.69 Å². The van der Waals surface area contributed by atoms with Crippen LogP contribution >= 0.6 is 11.6 Å². The molecule has 7 nitrogen and oxygen atoms in total. The van der Waals surface area contributed by atoms with Crippen LogP contribution in [-0.4, -0.2) is 43.8 Å². The zero-order chi connectivity index (χ0) is 29.6. The summed E-state index contributed by atoms with van der Waals surface area (Å²) in [6, 6.07) is 18.2. The molecule has 0 aromatic heterocycles. The number of hydrogen-bond donors (Lipinski definition) is 1. The predicted octanol–water partition coefficient (Wildman–Crippen LogP) is 5.79. The fourth-order valence-corrected chi connectivity index (χ4v) is 6.17. The summed E-state index contributed by atoms with van der Waals surface area (Å²) in [6.07, 6.45) is 0.358. The number of carbonyl (C=O) groups is 2. The number of carbonyl (C=O) groups excluding carboxylic acids is 2. The van der Waals surface area contributed by atoms with Gasteiger partial charge in [-0.2, -0.15) is 0 Å². The van der Waals surface area contributed by atoms with Crippen molar-refractivity contribution in [3.05, 3.63) is 94.0 Å². The highest BCUT2D eigenvalue weighted by Gasteiger charge is 2.34. The van der Waals surface area contributed by atoms with Crippen molar-refractivity contribution in [2.45, 2.75) is 71.5 Å². The second-order valence-electron chi connectivity index (χ2n) is 10.3. The first-order valence-corrected chi connectivity index (χ1v) is 15.2. The number of nitrogens with one attached hydrogen (secondary N) is 1. The topological polar surface area (TPSA) is 86.8 Å². The van der Waals surface area contributed by atoms with Crippen molar-refractivity contribution in [1.82, 2.24) is 10.2 Å². The Labute approximate surface area is 243 Å². The molecule has 0 radical (unpaired) electrons. The zero-order valence-electron chi connectivity index (χ0n) is 23.9. The van der Waals surface area contributed by atoms with Gasteiger partial charge in [0.2, 0.25) is 11.8 Å². The summed E-state index contributed by atoms with van der Waals surface area (Å²) in [4.78, 5) is 28.9. The molecule has 0 aliphatic heterocycles. The number of anilines is 1. The molecule has 0 aliphatic carbocycles. The molecule has 0 bridgehead atoms. The van der Waals surface area contributed by atoms with Crippen molar-refractivity contribution >= 4 is 39.1 Å². The molecular weight excluding hydrogens is 546 g/mol. The monoisotopic (exact) mass is 583 g/mol. The average Bonchev–Trinajstić information content (AvgIpc) is 2.88. The third kappa shape index (κ3) is 7.43. The minimum absolute atomic E-state index is 0.0557. The number of hydrogen-bond acceptors (Lipinski definition) is 4. The molecule has 3 aromatic carbocycles. The zero-order valence-corrected chi connectivity index (χ0v) is 25.5. The second-order valence-corrected chi connectivity index (χ2v) is 12.6. The lowest BCUT2D eigenvalue weighted by Gasteiger charge is -2.34. The van der Waals surface area contributed by atoms with Gasteiger partial charge in [0.05, 0.1) is 10.6 Å². The second kappa shape index (κ2) is 13.3. The Morgan fingerprint density at radius 1 is 0.925 bits per heavy atom. The van der Waals surface area contributed by atoms with E-state index in [0.29, 0.717) is 22.7 Å². The van der Waals surface area contributed by atoms with Crippen molar-refractivity contribution < 1.29 is 18.0 Å². The van der Waals surface area contributed by atoms with Crippen molar-refractivity contribution in [3.8, 4) is 0 Å². The van der Waals surface area contributed by atoms with Gasteiger partial charge in [0.15, 0.2) is 0 Å². The first kappa shape index (κ1) is 31.2. The lowest BCUT2D eigenvalue weighted by atomic mass is 10.1. The molecule has 0 heterocycles. The van der Waals surface area contributed by atoms with Gasteiger partial charge in [0.25, 0.3) is 10.0 Å². The summed E-state index contributed by atoms with van der Waals surface area (Å²) >= 11 is 6.39. The summed E-state index contributed by atoms with van der Waals surface area (Å²) in [7, 11) is -4.16. The number of amides is 2. The van der Waals surface area contributed by atoms with Crippen molar-refractivity contribution in [2.75, 3.05) is 10.8 Å². The maximum absolute atomic E-state index is 14.1. The fraction of sp³-hybridized carbons (Fsp3) is 0.355. The lowest BCUT2D eigenvalue weighted by molar-refractivity contribution is -0.140. The van der Waals surface area contributed by atoms with Gasteiger partial charge in [-0.15, -0.1) is 0 Å². The third-order valence-electron chi connectivity index (χ3n) is 6.65. The van der Waals surface area contributed by atoms with E-state index in [9.17, 15) is 18.0 Å². The summed E-state index contributed by atoms with van der Waals surface area (Å²) in [6.45, 7) is 10.7. The van der Waals surface area contributed by atoms with E-state index in [0.717, 1.165) is 21.0 Å². The number of sulfonamides is 1. The Hall–Kier alpha value is -3.36. The Morgan fingerprint density at radius 3 is 2.17 bits per heavy atom. The SMILES string of the molecule is CC[C@@H](C(=O)NC(C)C)N(Cc1cccc(C)c1)C(=O)CN(c1cccc(Cl)c1C)S(=O)(=O)c1ccc(C)cc1. The smallest absolute Gasteiger partial charge is 0.264 e. The summed E-state index contributed by atoms with van der Waals surface area (Å²) in [5, 5.41) is 3.29. The minimum atomic E-state index is -4.16. The van der Waals surface area contributed by atoms with Crippen LogP contribution in [0.2, 0.25) is 5.02 Å². The molecule has 3 aromatic rings. The van der Waals surface area contributed by atoms with Crippen LogP contribution in [0.15, 0.2) is 71.6 Å². The van der Waals surface area contributed by atoms with Crippen molar-refractivity contribution in [1.29, 1.82) is 0 Å². The maximum atomic E-state index is 14.1. The van der Waals surface area contributed by atoms with Crippen LogP contribution in [0, 0.1) is 20.8 Å². The molecule has 9 heteroatoms. The van der Waals surface area contributed by atoms with Crippen molar-refractivity contribution in [3.63, 3.8) is 0 Å². The van der Waals surface area contributed by atoms with Gasteiger partial charge in [0.1, 0.15) is 12.6 Å². The van der Waals surface area contributed by atoms with E-state index < -0.39 is 28.5 Å². The molecule has 1 atom stereocenters. The van der Waals surface area contributed by atoms with Crippen LogP contribution in [0.25, 0.3) is 0 Å². The summed E-state index contributed by atoms with van der Waals surface area (Å²) in [5.41, 5.74) is 3.60. The van der Waals surface area contributed by atoms with Crippen molar-refractivity contribution in [2.24, 2.45) is 0 Å². The predicted molar refractivity (Wildman–Crippen MR) is 161 cm³/mol. The molecule has 0 spiro atoms. The van der Waals surface area contributed by atoms with Crippen LogP contribution < -0.4 is 9.62 Å². The molecule has 0 saturated carbocycles. The normalized spacial score (nSPS) is 12.2. The van der Waals surface area contributed by atoms with E-state index in [-0.39, 0.29) is 23.4 Å². The maximum Gasteiger partial charge on any atom is 0.264 e. The first-order valence-electron chi connectivity index (χ1n) is 13.3. The molecule has 40 heavy (non-hydrogen) atoms.